The van der Waals surface area contributed by atoms with Crippen LogP contribution in [0.25, 0.3) is 0 Å². The standard InChI is InChI=1S/C11H15NO4S/c1-7(17(2)16)6-12-11(15)8-3-9(13)5-10(14)4-8/h3-5,7,13-14H,6H2,1-2H3,(H,12,15). The highest BCUT2D eigenvalue weighted by atomic mass is 32.2. The number of rotatable bonds is 4. The summed E-state index contributed by atoms with van der Waals surface area (Å²) in [5, 5.41) is 20.9. The molecule has 0 aliphatic heterocycles. The summed E-state index contributed by atoms with van der Waals surface area (Å²) in [5.74, 6) is -0.780. The second-order valence-corrected chi connectivity index (χ2v) is 5.56. The quantitative estimate of drug-likeness (QED) is 0.737. The first-order valence-corrected chi connectivity index (χ1v) is 6.65. The fourth-order valence-electron chi connectivity index (χ4n) is 1.18. The van der Waals surface area contributed by atoms with Gasteiger partial charge in [-0.25, -0.2) is 0 Å². The van der Waals surface area contributed by atoms with E-state index in [2.05, 4.69) is 5.32 Å². The molecule has 6 heteroatoms. The molecule has 0 spiro atoms. The second-order valence-electron chi connectivity index (χ2n) is 3.76. The Morgan fingerprint density at radius 2 is 1.88 bits per heavy atom. The lowest BCUT2D eigenvalue weighted by Gasteiger charge is -2.10. The first-order chi connectivity index (χ1) is 7.90. The largest absolute Gasteiger partial charge is 0.508 e. The first kappa shape index (κ1) is 13.5. The molecule has 1 rings (SSSR count). The predicted molar refractivity (Wildman–Crippen MR) is 65.6 cm³/mol. The van der Waals surface area contributed by atoms with Gasteiger partial charge in [-0.15, -0.1) is 0 Å². The van der Waals surface area contributed by atoms with E-state index in [1.807, 2.05) is 0 Å². The number of nitrogens with one attached hydrogen (secondary N) is 1. The zero-order chi connectivity index (χ0) is 13.0. The lowest BCUT2D eigenvalue weighted by atomic mass is 10.2. The Morgan fingerprint density at radius 1 is 1.35 bits per heavy atom. The second kappa shape index (κ2) is 5.67. The van der Waals surface area contributed by atoms with E-state index in [1.165, 1.54) is 12.1 Å². The van der Waals surface area contributed by atoms with Gasteiger partial charge in [0.25, 0.3) is 5.91 Å². The van der Waals surface area contributed by atoms with Gasteiger partial charge < -0.3 is 15.5 Å². The number of carbonyl (C=O) groups is 1. The minimum atomic E-state index is -1.01. The van der Waals surface area contributed by atoms with Crippen LogP contribution in [-0.2, 0) is 10.8 Å². The van der Waals surface area contributed by atoms with Crippen molar-refractivity contribution in [3.05, 3.63) is 23.8 Å². The summed E-state index contributed by atoms with van der Waals surface area (Å²) in [6.45, 7) is 2.04. The van der Waals surface area contributed by atoms with Gasteiger partial charge in [0.15, 0.2) is 0 Å². The molecule has 17 heavy (non-hydrogen) atoms. The zero-order valence-corrected chi connectivity index (χ0v) is 10.5. The Morgan fingerprint density at radius 3 is 2.35 bits per heavy atom. The van der Waals surface area contributed by atoms with Crippen LogP contribution >= 0.6 is 0 Å². The van der Waals surface area contributed by atoms with Crippen molar-refractivity contribution < 1.29 is 19.2 Å². The number of hydrogen-bond donors (Lipinski definition) is 3. The Bertz CT molecular complexity index is 427. The van der Waals surface area contributed by atoms with Crippen molar-refractivity contribution in [3.8, 4) is 11.5 Å². The van der Waals surface area contributed by atoms with E-state index in [-0.39, 0.29) is 28.9 Å². The van der Waals surface area contributed by atoms with E-state index in [4.69, 9.17) is 0 Å². The van der Waals surface area contributed by atoms with Crippen LogP contribution in [0.2, 0.25) is 0 Å². The molecule has 0 radical (unpaired) electrons. The van der Waals surface area contributed by atoms with E-state index >= 15 is 0 Å². The van der Waals surface area contributed by atoms with Crippen LogP contribution < -0.4 is 5.32 Å². The summed E-state index contributed by atoms with van der Waals surface area (Å²) in [6, 6.07) is 3.64. The Balaban J connectivity index is 2.67. The average Bonchev–Trinajstić information content (AvgIpc) is 2.23. The van der Waals surface area contributed by atoms with Gasteiger partial charge in [-0.1, -0.05) is 0 Å². The minimum Gasteiger partial charge on any atom is -0.508 e. The molecule has 2 atom stereocenters. The highest BCUT2D eigenvalue weighted by Gasteiger charge is 2.11. The van der Waals surface area contributed by atoms with Crippen LogP contribution in [0.15, 0.2) is 18.2 Å². The van der Waals surface area contributed by atoms with Crippen LogP contribution in [0, 0.1) is 0 Å². The third-order valence-electron chi connectivity index (χ3n) is 2.28. The summed E-state index contributed by atoms with van der Waals surface area (Å²) >= 11 is 0. The maximum Gasteiger partial charge on any atom is 0.251 e. The fraction of sp³-hybridized carbons (Fsp3) is 0.364. The number of benzene rings is 1. The number of phenolic OH excluding ortho intramolecular Hbond substituents is 2. The molecule has 0 saturated heterocycles. The van der Waals surface area contributed by atoms with Gasteiger partial charge in [-0.3, -0.25) is 9.00 Å². The van der Waals surface area contributed by atoms with Gasteiger partial charge in [-0.05, 0) is 19.1 Å². The molecule has 0 aliphatic rings. The molecule has 1 aromatic carbocycles. The number of hydrogen-bond acceptors (Lipinski definition) is 4. The predicted octanol–water partition coefficient (Wildman–Crippen LogP) is 0.595. The summed E-state index contributed by atoms with van der Waals surface area (Å²) < 4.78 is 11.1. The van der Waals surface area contributed by atoms with Gasteiger partial charge in [-0.2, -0.15) is 0 Å². The lowest BCUT2D eigenvalue weighted by Crippen LogP contribution is -2.32. The summed E-state index contributed by atoms with van der Waals surface area (Å²) in [6.07, 6.45) is 1.57. The molecule has 0 aliphatic carbocycles. The minimum absolute atomic E-state index is 0.148. The Hall–Kier alpha value is -1.56. The summed E-state index contributed by atoms with van der Waals surface area (Å²) in [5.41, 5.74) is 0.164. The SMILES string of the molecule is CC(CNC(=O)c1cc(O)cc(O)c1)S(C)=O. The highest BCUT2D eigenvalue weighted by Crippen LogP contribution is 2.20. The van der Waals surface area contributed by atoms with Gasteiger partial charge >= 0.3 is 0 Å². The third-order valence-corrected chi connectivity index (χ3v) is 3.58. The van der Waals surface area contributed by atoms with Crippen molar-refractivity contribution in [3.63, 3.8) is 0 Å². The number of phenols is 2. The smallest absolute Gasteiger partial charge is 0.251 e. The third kappa shape index (κ3) is 4.07. The van der Waals surface area contributed by atoms with Crippen molar-refractivity contribution in [2.75, 3.05) is 12.8 Å². The molecule has 2 unspecified atom stereocenters. The van der Waals surface area contributed by atoms with Crippen molar-refractivity contribution in [2.45, 2.75) is 12.2 Å². The monoisotopic (exact) mass is 257 g/mol. The van der Waals surface area contributed by atoms with E-state index < -0.39 is 16.7 Å². The molecule has 94 valence electrons. The van der Waals surface area contributed by atoms with E-state index in [0.717, 1.165) is 6.07 Å². The molecule has 0 bridgehead atoms. The van der Waals surface area contributed by atoms with Crippen LogP contribution in [-0.4, -0.2) is 38.4 Å². The van der Waals surface area contributed by atoms with Gasteiger partial charge in [0.2, 0.25) is 0 Å². The van der Waals surface area contributed by atoms with Crippen LogP contribution in [0.5, 0.6) is 11.5 Å². The molecule has 5 nitrogen and oxygen atoms in total. The normalized spacial score (nSPS) is 14.0. The fourth-order valence-corrected chi connectivity index (χ4v) is 1.50. The molecule has 0 heterocycles. The van der Waals surface area contributed by atoms with Crippen molar-refractivity contribution in [1.82, 2.24) is 5.32 Å². The summed E-state index contributed by atoms with van der Waals surface area (Å²) in [7, 11) is -1.01. The van der Waals surface area contributed by atoms with E-state index in [1.54, 1.807) is 13.2 Å². The Kier molecular flexibility index (Phi) is 4.51. The number of carbonyl (C=O) groups excluding carboxylic acids is 1. The van der Waals surface area contributed by atoms with E-state index in [0.29, 0.717) is 0 Å². The first-order valence-electron chi connectivity index (χ1n) is 5.03. The lowest BCUT2D eigenvalue weighted by molar-refractivity contribution is 0.0953. The van der Waals surface area contributed by atoms with Crippen molar-refractivity contribution >= 4 is 16.7 Å². The van der Waals surface area contributed by atoms with Crippen molar-refractivity contribution in [2.24, 2.45) is 0 Å². The van der Waals surface area contributed by atoms with Crippen LogP contribution in [0.1, 0.15) is 17.3 Å². The molecular weight excluding hydrogens is 242 g/mol. The van der Waals surface area contributed by atoms with Gasteiger partial charge in [0.1, 0.15) is 11.5 Å². The average molecular weight is 257 g/mol. The Labute approximate surface area is 102 Å². The molecule has 0 saturated carbocycles. The topological polar surface area (TPSA) is 86.6 Å². The summed E-state index contributed by atoms with van der Waals surface area (Å²) in [4.78, 5) is 11.6. The molecule has 1 aromatic rings. The highest BCUT2D eigenvalue weighted by molar-refractivity contribution is 7.84. The number of aromatic hydroxyl groups is 2. The molecule has 0 fully saturated rings. The van der Waals surface area contributed by atoms with Crippen molar-refractivity contribution in [1.29, 1.82) is 0 Å². The zero-order valence-electron chi connectivity index (χ0n) is 9.64. The van der Waals surface area contributed by atoms with Crippen LogP contribution in [0.4, 0.5) is 0 Å². The molecule has 0 aromatic heterocycles. The molecule has 3 N–H and O–H groups in total. The molecule has 1 amide bonds. The maximum atomic E-state index is 11.6. The number of amides is 1. The van der Waals surface area contributed by atoms with E-state index in [9.17, 15) is 19.2 Å². The van der Waals surface area contributed by atoms with Gasteiger partial charge in [0.05, 0.1) is 0 Å². The maximum absolute atomic E-state index is 11.6. The van der Waals surface area contributed by atoms with Gasteiger partial charge in [0, 0.05) is 40.5 Å². The van der Waals surface area contributed by atoms with Crippen LogP contribution in [0.3, 0.4) is 0 Å². The molecular formula is C11H15NO4S.